The van der Waals surface area contributed by atoms with Crippen molar-refractivity contribution in [3.63, 3.8) is 0 Å². The van der Waals surface area contributed by atoms with Crippen LogP contribution in [0.3, 0.4) is 0 Å². The molecule has 0 aliphatic rings. The lowest BCUT2D eigenvalue weighted by Crippen LogP contribution is -1.88. The summed E-state index contributed by atoms with van der Waals surface area (Å²) in [4.78, 5) is 10.2. The number of hydrogen-bond donors (Lipinski definition) is 0. The molecule has 0 amide bonds. The van der Waals surface area contributed by atoms with Gasteiger partial charge in [0.25, 0.3) is 0 Å². The molecule has 0 unspecified atom stereocenters. The van der Waals surface area contributed by atoms with Gasteiger partial charge in [-0.15, -0.1) is 0 Å². The fourth-order valence-corrected chi connectivity index (χ4v) is 1.54. The van der Waals surface area contributed by atoms with E-state index in [0.29, 0.717) is 12.0 Å². The van der Waals surface area contributed by atoms with Gasteiger partial charge in [-0.25, -0.2) is 0 Å². The Kier molecular flexibility index (Phi) is 3.82. The Morgan fingerprint density at radius 3 is 2.40 bits per heavy atom. The second kappa shape index (κ2) is 5.11. The molecule has 0 aliphatic carbocycles. The first-order valence-electron chi connectivity index (χ1n) is 4.80. The topological polar surface area (TPSA) is 40.9 Å². The van der Waals surface area contributed by atoms with Gasteiger partial charge in [-0.3, -0.25) is 0 Å². The summed E-state index contributed by atoms with van der Waals surface area (Å²) < 4.78 is 0. The highest BCUT2D eigenvalue weighted by Crippen LogP contribution is 2.17. The first-order valence-corrected chi connectivity index (χ1v) is 4.80. The highest BCUT2D eigenvalue weighted by Gasteiger charge is 2.01. The molecule has 0 radical (unpaired) electrons. The number of nitriles is 1. The molecule has 15 heavy (non-hydrogen) atoms. The van der Waals surface area contributed by atoms with E-state index in [1.165, 1.54) is 0 Å². The van der Waals surface area contributed by atoms with E-state index in [1.807, 2.05) is 38.1 Å². The van der Waals surface area contributed by atoms with E-state index >= 15 is 0 Å². The van der Waals surface area contributed by atoms with Crippen molar-refractivity contribution in [3.8, 4) is 6.07 Å². The van der Waals surface area contributed by atoms with Crippen molar-refractivity contribution in [2.75, 3.05) is 0 Å². The highest BCUT2D eigenvalue weighted by molar-refractivity contribution is 5.63. The average Bonchev–Trinajstić information content (AvgIpc) is 2.22. The van der Waals surface area contributed by atoms with Gasteiger partial charge in [0, 0.05) is 6.42 Å². The number of allylic oxidation sites excluding steroid dienone is 1. The second-order valence-electron chi connectivity index (χ2n) is 3.44. The zero-order valence-corrected chi connectivity index (χ0v) is 8.95. The summed E-state index contributed by atoms with van der Waals surface area (Å²) in [5.41, 5.74) is 3.90. The molecule has 76 valence electrons. The quantitative estimate of drug-likeness (QED) is 0.702. The fourth-order valence-electron chi connectivity index (χ4n) is 1.54. The number of rotatable bonds is 3. The first kappa shape index (κ1) is 11.2. The summed E-state index contributed by atoms with van der Waals surface area (Å²) in [6.45, 7) is 3.93. The Morgan fingerprint density at radius 2 is 1.93 bits per heavy atom. The van der Waals surface area contributed by atoms with Crippen molar-refractivity contribution < 1.29 is 4.79 Å². The van der Waals surface area contributed by atoms with Crippen LogP contribution in [0.15, 0.2) is 18.2 Å². The minimum atomic E-state index is 0.429. The van der Waals surface area contributed by atoms with Crippen LogP contribution in [0.5, 0.6) is 0 Å². The third-order valence-electron chi connectivity index (χ3n) is 2.24. The van der Waals surface area contributed by atoms with Crippen LogP contribution in [-0.2, 0) is 4.79 Å². The summed E-state index contributed by atoms with van der Waals surface area (Å²) in [5.74, 6) is 0. The van der Waals surface area contributed by atoms with Gasteiger partial charge >= 0.3 is 0 Å². The number of carbonyl (C=O) groups excluding carboxylic acids is 1. The molecule has 2 nitrogen and oxygen atoms in total. The van der Waals surface area contributed by atoms with Crippen LogP contribution in [0.25, 0.3) is 6.08 Å². The molecule has 0 bridgehead atoms. The van der Waals surface area contributed by atoms with Gasteiger partial charge in [0.05, 0.1) is 11.6 Å². The maximum atomic E-state index is 10.2. The van der Waals surface area contributed by atoms with Crippen molar-refractivity contribution in [1.29, 1.82) is 5.26 Å². The molecule has 1 rings (SSSR count). The van der Waals surface area contributed by atoms with Gasteiger partial charge in [-0.1, -0.05) is 12.2 Å². The van der Waals surface area contributed by atoms with Crippen molar-refractivity contribution in [2.45, 2.75) is 20.3 Å². The molecular weight excluding hydrogens is 186 g/mol. The van der Waals surface area contributed by atoms with Gasteiger partial charge in [-0.2, -0.15) is 5.26 Å². The molecule has 0 aromatic heterocycles. The Bertz CT molecular complexity index is 415. The van der Waals surface area contributed by atoms with E-state index in [-0.39, 0.29) is 0 Å². The maximum Gasteiger partial charge on any atom is 0.123 e. The minimum Gasteiger partial charge on any atom is -0.303 e. The summed E-state index contributed by atoms with van der Waals surface area (Å²) >= 11 is 0. The molecule has 0 N–H and O–H groups in total. The molecule has 2 heteroatoms. The number of nitrogens with zero attached hydrogens (tertiary/aromatic N) is 1. The molecule has 0 aliphatic heterocycles. The van der Waals surface area contributed by atoms with E-state index in [1.54, 1.807) is 0 Å². The van der Waals surface area contributed by atoms with Gasteiger partial charge in [-0.05, 0) is 42.7 Å². The molecule has 0 heterocycles. The van der Waals surface area contributed by atoms with Gasteiger partial charge < -0.3 is 4.79 Å². The molecule has 1 aromatic rings. The number of aryl methyl sites for hydroxylation is 2. The normalized spacial score (nSPS) is 10.2. The fraction of sp³-hybridized carbons (Fsp3) is 0.231. The zero-order chi connectivity index (χ0) is 11.3. The third-order valence-corrected chi connectivity index (χ3v) is 2.24. The van der Waals surface area contributed by atoms with Gasteiger partial charge in [0.2, 0.25) is 0 Å². The van der Waals surface area contributed by atoms with Gasteiger partial charge in [0.1, 0.15) is 6.29 Å². The number of aldehydes is 1. The number of hydrogen-bond acceptors (Lipinski definition) is 2. The van der Waals surface area contributed by atoms with Crippen molar-refractivity contribution in [3.05, 3.63) is 40.5 Å². The second-order valence-corrected chi connectivity index (χ2v) is 3.44. The lowest BCUT2D eigenvalue weighted by atomic mass is 9.99. The van der Waals surface area contributed by atoms with Crippen LogP contribution in [0.2, 0.25) is 0 Å². The van der Waals surface area contributed by atoms with Crippen LogP contribution in [0, 0.1) is 25.2 Å². The van der Waals surface area contributed by atoms with Crippen LogP contribution in [0.4, 0.5) is 0 Å². The van der Waals surface area contributed by atoms with Crippen LogP contribution >= 0.6 is 0 Å². The summed E-state index contributed by atoms with van der Waals surface area (Å²) in [7, 11) is 0. The molecule has 0 fully saturated rings. The molecular formula is C13H13NO. The van der Waals surface area contributed by atoms with E-state index in [9.17, 15) is 4.79 Å². The van der Waals surface area contributed by atoms with Crippen LogP contribution < -0.4 is 0 Å². The van der Waals surface area contributed by atoms with Crippen LogP contribution in [0.1, 0.15) is 28.7 Å². The molecule has 0 atom stereocenters. The predicted molar refractivity (Wildman–Crippen MR) is 60.3 cm³/mol. The summed E-state index contributed by atoms with van der Waals surface area (Å²) in [6.07, 6.45) is 5.05. The Labute approximate surface area is 89.9 Å². The summed E-state index contributed by atoms with van der Waals surface area (Å²) in [5, 5.41) is 8.78. The zero-order valence-electron chi connectivity index (χ0n) is 8.95. The lowest BCUT2D eigenvalue weighted by molar-refractivity contribution is -0.107. The third kappa shape index (κ3) is 2.78. The highest BCUT2D eigenvalue weighted by atomic mass is 16.1. The van der Waals surface area contributed by atoms with Gasteiger partial charge in [0.15, 0.2) is 0 Å². The predicted octanol–water partition coefficient (Wildman–Crippen LogP) is 2.78. The van der Waals surface area contributed by atoms with E-state index in [0.717, 1.165) is 23.0 Å². The maximum absolute atomic E-state index is 10.2. The molecule has 0 saturated carbocycles. The van der Waals surface area contributed by atoms with E-state index < -0.39 is 0 Å². The standard InChI is InChI=1S/C13H13NO/c1-10-7-12(9-14)8-11(2)13(10)5-3-4-6-15/h3,5-8H,4H2,1-2H3. The smallest absolute Gasteiger partial charge is 0.123 e. The average molecular weight is 199 g/mol. The van der Waals surface area contributed by atoms with Crippen molar-refractivity contribution in [1.82, 2.24) is 0 Å². The molecule has 0 spiro atoms. The van der Waals surface area contributed by atoms with Crippen molar-refractivity contribution in [2.24, 2.45) is 0 Å². The number of benzene rings is 1. The number of carbonyl (C=O) groups is 1. The minimum absolute atomic E-state index is 0.429. The Morgan fingerprint density at radius 1 is 1.33 bits per heavy atom. The monoisotopic (exact) mass is 199 g/mol. The van der Waals surface area contributed by atoms with E-state index in [2.05, 4.69) is 6.07 Å². The first-order chi connectivity index (χ1) is 7.19. The Hall–Kier alpha value is -1.88. The molecule has 1 aromatic carbocycles. The lowest BCUT2D eigenvalue weighted by Gasteiger charge is -2.05. The van der Waals surface area contributed by atoms with Crippen molar-refractivity contribution >= 4 is 12.4 Å². The SMILES string of the molecule is Cc1cc(C#N)cc(C)c1C=CCC=O. The largest absolute Gasteiger partial charge is 0.303 e. The van der Waals surface area contributed by atoms with Crippen LogP contribution in [-0.4, -0.2) is 6.29 Å². The Balaban J connectivity index is 3.09. The summed E-state index contributed by atoms with van der Waals surface area (Å²) in [6, 6.07) is 5.83. The molecule has 0 saturated heterocycles. The van der Waals surface area contributed by atoms with E-state index in [4.69, 9.17) is 5.26 Å².